The molecule has 0 N–H and O–H groups in total. The van der Waals surface area contributed by atoms with E-state index in [1.165, 1.54) is 0 Å². The molecule has 0 saturated carbocycles. The molecule has 0 aliphatic heterocycles. The summed E-state index contributed by atoms with van der Waals surface area (Å²) >= 11 is 11.7. The van der Waals surface area contributed by atoms with Crippen LogP contribution in [0.3, 0.4) is 0 Å². The maximum absolute atomic E-state index is 8.46. The molecule has 3 heteroatoms. The van der Waals surface area contributed by atoms with Crippen molar-refractivity contribution >= 4 is 23.2 Å². The number of hydrogen-bond acceptors (Lipinski definition) is 1. The van der Waals surface area contributed by atoms with Crippen molar-refractivity contribution in [3.05, 3.63) is 33.3 Å². The van der Waals surface area contributed by atoms with Gasteiger partial charge in [0.2, 0.25) is 0 Å². The Morgan fingerprint density at radius 2 is 2.00 bits per heavy atom. The Morgan fingerprint density at radius 3 is 2.58 bits per heavy atom. The third-order valence-corrected chi connectivity index (χ3v) is 2.36. The highest BCUT2D eigenvalue weighted by molar-refractivity contribution is 6.35. The highest BCUT2D eigenvalue weighted by Gasteiger charge is 2.03. The van der Waals surface area contributed by atoms with E-state index in [9.17, 15) is 0 Å². The van der Waals surface area contributed by atoms with E-state index in [0.29, 0.717) is 16.5 Å². The van der Waals surface area contributed by atoms with E-state index in [-0.39, 0.29) is 0 Å². The summed E-state index contributed by atoms with van der Waals surface area (Å²) < 4.78 is 0. The molecule has 1 nitrogen and oxygen atoms in total. The summed E-state index contributed by atoms with van der Waals surface area (Å²) in [5.74, 6) is 0. The summed E-state index contributed by atoms with van der Waals surface area (Å²) in [6.07, 6.45) is 0.330. The molecule has 1 rings (SSSR count). The van der Waals surface area contributed by atoms with Crippen LogP contribution in [0.4, 0.5) is 0 Å². The van der Waals surface area contributed by atoms with Crippen LogP contribution in [0.5, 0.6) is 0 Å². The number of aryl methyl sites for hydroxylation is 1. The van der Waals surface area contributed by atoms with Gasteiger partial charge in [-0.25, -0.2) is 0 Å². The molecule has 0 saturated heterocycles. The van der Waals surface area contributed by atoms with Gasteiger partial charge < -0.3 is 0 Å². The third kappa shape index (κ3) is 1.91. The van der Waals surface area contributed by atoms with E-state index in [1.807, 2.05) is 19.1 Å². The van der Waals surface area contributed by atoms with E-state index in [0.717, 1.165) is 11.1 Å². The first kappa shape index (κ1) is 9.38. The molecule has 12 heavy (non-hydrogen) atoms. The monoisotopic (exact) mass is 199 g/mol. The molecule has 1 aromatic rings. The molecular formula is C9H7Cl2N. The van der Waals surface area contributed by atoms with Gasteiger partial charge in [-0.15, -0.1) is 0 Å². The Bertz CT molecular complexity index is 339. The topological polar surface area (TPSA) is 23.8 Å². The fourth-order valence-electron chi connectivity index (χ4n) is 0.938. The zero-order valence-electron chi connectivity index (χ0n) is 6.56. The van der Waals surface area contributed by atoms with Gasteiger partial charge in [0.25, 0.3) is 0 Å². The second-order valence-electron chi connectivity index (χ2n) is 2.53. The molecule has 0 aliphatic carbocycles. The van der Waals surface area contributed by atoms with Crippen LogP contribution >= 0.6 is 23.2 Å². The van der Waals surface area contributed by atoms with Gasteiger partial charge >= 0.3 is 0 Å². The Hall–Kier alpha value is -0.710. The number of benzene rings is 1. The van der Waals surface area contributed by atoms with E-state index >= 15 is 0 Å². The van der Waals surface area contributed by atoms with Crippen LogP contribution in [-0.4, -0.2) is 0 Å². The summed E-state index contributed by atoms with van der Waals surface area (Å²) in [5, 5.41) is 9.67. The standard InChI is InChI=1S/C9H7Cl2N/c1-6-4-7(2-3-12)9(11)5-8(6)10/h4-5H,2H2,1H3. The van der Waals surface area contributed by atoms with Gasteiger partial charge in [0.15, 0.2) is 0 Å². The molecule has 0 atom stereocenters. The second-order valence-corrected chi connectivity index (χ2v) is 3.34. The minimum absolute atomic E-state index is 0.330. The maximum Gasteiger partial charge on any atom is 0.0670 e. The molecule has 0 radical (unpaired) electrons. The van der Waals surface area contributed by atoms with Crippen LogP contribution in [0, 0.1) is 18.3 Å². The molecule has 62 valence electrons. The van der Waals surface area contributed by atoms with Crippen LogP contribution in [0.15, 0.2) is 12.1 Å². The summed E-state index contributed by atoms with van der Waals surface area (Å²) in [6.45, 7) is 1.89. The largest absolute Gasteiger partial charge is 0.198 e. The minimum atomic E-state index is 0.330. The van der Waals surface area contributed by atoms with Gasteiger partial charge in [-0.2, -0.15) is 5.26 Å². The zero-order chi connectivity index (χ0) is 9.14. The van der Waals surface area contributed by atoms with E-state index in [1.54, 1.807) is 6.07 Å². The lowest BCUT2D eigenvalue weighted by Crippen LogP contribution is -1.86. The highest BCUT2D eigenvalue weighted by Crippen LogP contribution is 2.24. The van der Waals surface area contributed by atoms with Gasteiger partial charge in [0.05, 0.1) is 12.5 Å². The van der Waals surface area contributed by atoms with E-state index in [2.05, 4.69) is 0 Å². The molecule has 0 bridgehead atoms. The fraction of sp³-hybridized carbons (Fsp3) is 0.222. The van der Waals surface area contributed by atoms with Crippen molar-refractivity contribution in [2.24, 2.45) is 0 Å². The highest BCUT2D eigenvalue weighted by atomic mass is 35.5. The molecule has 0 amide bonds. The summed E-state index contributed by atoms with van der Waals surface area (Å²) in [4.78, 5) is 0. The van der Waals surface area contributed by atoms with Crippen molar-refractivity contribution < 1.29 is 0 Å². The molecule has 0 aromatic heterocycles. The van der Waals surface area contributed by atoms with Gasteiger partial charge in [-0.3, -0.25) is 0 Å². The van der Waals surface area contributed by atoms with Crippen LogP contribution < -0.4 is 0 Å². The average Bonchev–Trinajstić information content (AvgIpc) is 2.01. The Kier molecular flexibility index (Phi) is 2.97. The predicted octanol–water partition coefficient (Wildman–Crippen LogP) is 3.37. The van der Waals surface area contributed by atoms with Crippen molar-refractivity contribution in [2.75, 3.05) is 0 Å². The Balaban J connectivity index is 3.16. The van der Waals surface area contributed by atoms with Gasteiger partial charge in [-0.1, -0.05) is 29.3 Å². The van der Waals surface area contributed by atoms with Crippen molar-refractivity contribution in [2.45, 2.75) is 13.3 Å². The second kappa shape index (κ2) is 3.80. The lowest BCUT2D eigenvalue weighted by molar-refractivity contribution is 1.24. The average molecular weight is 200 g/mol. The zero-order valence-corrected chi connectivity index (χ0v) is 8.08. The Labute approximate surface area is 81.5 Å². The van der Waals surface area contributed by atoms with Crippen molar-refractivity contribution in [1.82, 2.24) is 0 Å². The maximum atomic E-state index is 8.46. The van der Waals surface area contributed by atoms with Gasteiger partial charge in [0, 0.05) is 10.0 Å². The summed E-state index contributed by atoms with van der Waals surface area (Å²) in [5.41, 5.74) is 1.78. The predicted molar refractivity (Wildman–Crippen MR) is 50.5 cm³/mol. The molecule has 1 aromatic carbocycles. The van der Waals surface area contributed by atoms with Gasteiger partial charge in [-0.05, 0) is 24.1 Å². The minimum Gasteiger partial charge on any atom is -0.198 e. The number of halogens is 2. The number of rotatable bonds is 1. The third-order valence-electron chi connectivity index (χ3n) is 1.60. The number of nitrogens with zero attached hydrogens (tertiary/aromatic N) is 1. The normalized spacial score (nSPS) is 9.50. The van der Waals surface area contributed by atoms with Crippen molar-refractivity contribution in [3.63, 3.8) is 0 Å². The van der Waals surface area contributed by atoms with Gasteiger partial charge in [0.1, 0.15) is 0 Å². The van der Waals surface area contributed by atoms with Crippen LogP contribution in [0.25, 0.3) is 0 Å². The van der Waals surface area contributed by atoms with E-state index < -0.39 is 0 Å². The molecule has 0 aliphatic rings. The lowest BCUT2D eigenvalue weighted by atomic mass is 10.1. The van der Waals surface area contributed by atoms with E-state index in [4.69, 9.17) is 28.5 Å². The number of nitriles is 1. The molecule has 0 fully saturated rings. The van der Waals surface area contributed by atoms with Crippen molar-refractivity contribution in [3.8, 4) is 6.07 Å². The first-order valence-electron chi connectivity index (χ1n) is 3.46. The SMILES string of the molecule is Cc1cc(CC#N)c(Cl)cc1Cl. The van der Waals surface area contributed by atoms with Crippen LogP contribution in [-0.2, 0) is 6.42 Å². The smallest absolute Gasteiger partial charge is 0.0670 e. The first-order valence-corrected chi connectivity index (χ1v) is 4.22. The lowest BCUT2D eigenvalue weighted by Gasteiger charge is -2.02. The summed E-state index contributed by atoms with van der Waals surface area (Å²) in [6, 6.07) is 5.56. The Morgan fingerprint density at radius 1 is 1.33 bits per heavy atom. The molecule has 0 spiro atoms. The quantitative estimate of drug-likeness (QED) is 0.681. The molecular weight excluding hydrogens is 193 g/mol. The van der Waals surface area contributed by atoms with Crippen molar-refractivity contribution in [1.29, 1.82) is 5.26 Å². The molecule has 0 unspecified atom stereocenters. The van der Waals surface area contributed by atoms with Crippen LogP contribution in [0.2, 0.25) is 10.0 Å². The molecule has 0 heterocycles. The number of hydrogen-bond donors (Lipinski definition) is 0. The first-order chi connectivity index (χ1) is 5.65. The summed E-state index contributed by atoms with van der Waals surface area (Å²) in [7, 11) is 0. The van der Waals surface area contributed by atoms with Crippen LogP contribution in [0.1, 0.15) is 11.1 Å². The fourth-order valence-corrected chi connectivity index (χ4v) is 1.39.